The fourth-order valence-corrected chi connectivity index (χ4v) is 7.14. The van der Waals surface area contributed by atoms with Crippen molar-refractivity contribution in [3.8, 4) is 0 Å². The third-order valence-electron chi connectivity index (χ3n) is 6.37. The summed E-state index contributed by atoms with van der Waals surface area (Å²) in [5, 5.41) is 4.48. The van der Waals surface area contributed by atoms with Gasteiger partial charge in [0.15, 0.2) is 5.78 Å². The minimum absolute atomic E-state index is 0.00391. The average Bonchev–Trinajstić information content (AvgIpc) is 3.39. The van der Waals surface area contributed by atoms with Gasteiger partial charge < -0.3 is 15.2 Å². The third kappa shape index (κ3) is 3.65. The number of hydrazone groups is 1. The second kappa shape index (κ2) is 7.98. The van der Waals surface area contributed by atoms with Gasteiger partial charge in [-0.15, -0.1) is 23.1 Å². The highest BCUT2D eigenvalue weighted by Gasteiger charge is 2.43. The van der Waals surface area contributed by atoms with Gasteiger partial charge in [0, 0.05) is 49.1 Å². The molecule has 2 atom stereocenters. The number of amides is 1. The number of anilines is 1. The van der Waals surface area contributed by atoms with Crippen LogP contribution in [0.5, 0.6) is 0 Å². The number of thiophene rings is 1. The average molecular weight is 455 g/mol. The lowest BCUT2D eigenvalue weighted by molar-refractivity contribution is -0.124. The molecule has 2 unspecified atom stereocenters. The maximum atomic E-state index is 13.3. The standard InChI is InChI=1S/C23H26N4O2S2/c1-13-4-5-14(2)18(10-13)26-6-8-27(9-7-26)22(29)21-17-12-30-23-16(20(17)24-25-21)11-19(31-23)15(3)28/h4-5,10-11,17,20,24H,6-9,12H2,1-3H3. The maximum Gasteiger partial charge on any atom is 0.270 e. The number of carbonyl (C=O) groups excluding carboxylic acids is 2. The highest BCUT2D eigenvalue weighted by molar-refractivity contribution is 8.01. The number of nitrogens with zero attached hydrogens (tertiary/aromatic N) is 3. The Bertz CT molecular complexity index is 1090. The Morgan fingerprint density at radius 2 is 1.90 bits per heavy atom. The number of nitrogens with one attached hydrogen (secondary N) is 1. The van der Waals surface area contributed by atoms with Crippen LogP contribution in [0.15, 0.2) is 33.6 Å². The maximum absolute atomic E-state index is 13.3. The first-order chi connectivity index (χ1) is 14.9. The zero-order chi connectivity index (χ0) is 21.7. The van der Waals surface area contributed by atoms with E-state index in [0.717, 1.165) is 29.3 Å². The molecule has 1 fully saturated rings. The summed E-state index contributed by atoms with van der Waals surface area (Å²) in [6.07, 6.45) is 0. The number of benzene rings is 1. The van der Waals surface area contributed by atoms with Crippen LogP contribution in [-0.4, -0.2) is 54.2 Å². The van der Waals surface area contributed by atoms with E-state index in [4.69, 9.17) is 0 Å². The summed E-state index contributed by atoms with van der Waals surface area (Å²) in [4.78, 5) is 30.2. The van der Waals surface area contributed by atoms with E-state index < -0.39 is 0 Å². The third-order valence-corrected chi connectivity index (χ3v) is 9.04. The molecule has 2 aromatic rings. The van der Waals surface area contributed by atoms with Gasteiger partial charge >= 0.3 is 0 Å². The second-order valence-corrected chi connectivity index (χ2v) is 10.8. The van der Waals surface area contributed by atoms with Crippen LogP contribution in [0.25, 0.3) is 0 Å². The number of hydrogen-bond donors (Lipinski definition) is 1. The minimum atomic E-state index is -0.00391. The van der Waals surface area contributed by atoms with E-state index in [2.05, 4.69) is 47.5 Å². The fraction of sp³-hybridized carbons (Fsp3) is 0.435. The largest absolute Gasteiger partial charge is 0.368 e. The molecule has 1 amide bonds. The van der Waals surface area contributed by atoms with Crippen molar-refractivity contribution in [2.75, 3.05) is 36.8 Å². The molecule has 1 aromatic carbocycles. The van der Waals surface area contributed by atoms with Gasteiger partial charge in [0.2, 0.25) is 0 Å². The SMILES string of the molecule is CC(=O)c1cc2c(s1)SCC1C(C(=O)N3CCN(c4cc(C)ccc4C)CC3)=NNC21. The molecule has 6 nitrogen and oxygen atoms in total. The Morgan fingerprint density at radius 1 is 1.13 bits per heavy atom. The molecule has 0 aliphatic carbocycles. The van der Waals surface area contributed by atoms with Crippen molar-refractivity contribution >= 4 is 46.2 Å². The predicted molar refractivity (Wildman–Crippen MR) is 127 cm³/mol. The summed E-state index contributed by atoms with van der Waals surface area (Å²) in [6.45, 7) is 8.92. The zero-order valence-electron chi connectivity index (χ0n) is 18.0. The van der Waals surface area contributed by atoms with Gasteiger partial charge in [0.05, 0.1) is 15.1 Å². The van der Waals surface area contributed by atoms with Crippen molar-refractivity contribution in [2.24, 2.45) is 11.0 Å². The lowest BCUT2D eigenvalue weighted by atomic mass is 9.92. The number of fused-ring (bicyclic) bond motifs is 3. The van der Waals surface area contributed by atoms with Crippen LogP contribution >= 0.6 is 23.1 Å². The highest BCUT2D eigenvalue weighted by atomic mass is 32.2. The molecule has 1 aromatic heterocycles. The number of thioether (sulfide) groups is 1. The normalized spacial score (nSPS) is 22.5. The lowest BCUT2D eigenvalue weighted by Crippen LogP contribution is -2.51. The first-order valence-electron chi connectivity index (χ1n) is 10.6. The van der Waals surface area contributed by atoms with Crippen LogP contribution in [0.2, 0.25) is 0 Å². The first kappa shape index (κ1) is 20.6. The summed E-state index contributed by atoms with van der Waals surface area (Å²) >= 11 is 3.29. The van der Waals surface area contributed by atoms with E-state index in [1.165, 1.54) is 21.0 Å². The number of carbonyl (C=O) groups is 2. The summed E-state index contributed by atoms with van der Waals surface area (Å²) in [5.74, 6) is 1.01. The van der Waals surface area contributed by atoms with Gasteiger partial charge in [0.25, 0.3) is 5.91 Å². The monoisotopic (exact) mass is 454 g/mol. The number of Topliss-reactive ketones (excluding diaryl/α,β-unsaturated/α-hetero) is 1. The van der Waals surface area contributed by atoms with E-state index in [0.29, 0.717) is 18.8 Å². The smallest absolute Gasteiger partial charge is 0.270 e. The number of aryl methyl sites for hydroxylation is 2. The number of piperazine rings is 1. The Hall–Kier alpha value is -2.32. The molecule has 0 radical (unpaired) electrons. The van der Waals surface area contributed by atoms with Crippen LogP contribution in [-0.2, 0) is 4.79 Å². The van der Waals surface area contributed by atoms with Gasteiger partial charge in [-0.2, -0.15) is 5.10 Å². The van der Waals surface area contributed by atoms with E-state index in [-0.39, 0.29) is 23.7 Å². The molecule has 3 aliphatic heterocycles. The molecule has 162 valence electrons. The Morgan fingerprint density at radius 3 is 2.65 bits per heavy atom. The summed E-state index contributed by atoms with van der Waals surface area (Å²) < 4.78 is 1.17. The van der Waals surface area contributed by atoms with E-state index in [1.807, 2.05) is 11.0 Å². The molecule has 0 spiro atoms. The van der Waals surface area contributed by atoms with Crippen molar-refractivity contribution in [2.45, 2.75) is 31.0 Å². The Kier molecular flexibility index (Phi) is 5.30. The van der Waals surface area contributed by atoms with Crippen molar-refractivity contribution in [3.63, 3.8) is 0 Å². The molecule has 31 heavy (non-hydrogen) atoms. The molecule has 8 heteroatoms. The van der Waals surface area contributed by atoms with Crippen molar-refractivity contribution < 1.29 is 9.59 Å². The van der Waals surface area contributed by atoms with E-state index >= 15 is 0 Å². The molecule has 3 aliphatic rings. The first-order valence-corrected chi connectivity index (χ1v) is 12.4. The summed E-state index contributed by atoms with van der Waals surface area (Å²) in [6, 6.07) is 8.51. The van der Waals surface area contributed by atoms with Crippen LogP contribution in [0.3, 0.4) is 0 Å². The van der Waals surface area contributed by atoms with Crippen LogP contribution in [0.4, 0.5) is 5.69 Å². The zero-order valence-corrected chi connectivity index (χ0v) is 19.6. The van der Waals surface area contributed by atoms with Crippen molar-refractivity contribution in [1.29, 1.82) is 0 Å². The molecule has 1 N–H and O–H groups in total. The van der Waals surface area contributed by atoms with Gasteiger partial charge in [-0.25, -0.2) is 0 Å². The van der Waals surface area contributed by atoms with Crippen LogP contribution in [0.1, 0.15) is 39.3 Å². The highest BCUT2D eigenvalue weighted by Crippen LogP contribution is 2.46. The fourth-order valence-electron chi connectivity index (χ4n) is 4.57. The van der Waals surface area contributed by atoms with E-state index in [1.54, 1.807) is 30.0 Å². The quantitative estimate of drug-likeness (QED) is 0.718. The number of ketones is 1. The van der Waals surface area contributed by atoms with Crippen LogP contribution < -0.4 is 10.3 Å². The lowest BCUT2D eigenvalue weighted by Gasteiger charge is -2.37. The van der Waals surface area contributed by atoms with E-state index in [9.17, 15) is 9.59 Å². The van der Waals surface area contributed by atoms with Gasteiger partial charge in [-0.1, -0.05) is 12.1 Å². The Labute approximate surface area is 190 Å². The Balaban J connectivity index is 1.27. The molecule has 0 saturated carbocycles. The molecule has 4 heterocycles. The second-order valence-electron chi connectivity index (χ2n) is 8.50. The topological polar surface area (TPSA) is 65.0 Å². The van der Waals surface area contributed by atoms with Gasteiger partial charge in [-0.3, -0.25) is 9.59 Å². The summed E-state index contributed by atoms with van der Waals surface area (Å²) in [5.41, 5.74) is 8.74. The minimum Gasteiger partial charge on any atom is -0.368 e. The summed E-state index contributed by atoms with van der Waals surface area (Å²) in [7, 11) is 0. The molecular weight excluding hydrogens is 428 g/mol. The number of rotatable bonds is 3. The predicted octanol–water partition coefficient (Wildman–Crippen LogP) is 3.64. The number of hydrogen-bond acceptors (Lipinski definition) is 7. The van der Waals surface area contributed by atoms with Gasteiger partial charge in [-0.05, 0) is 44.0 Å². The van der Waals surface area contributed by atoms with Crippen molar-refractivity contribution in [1.82, 2.24) is 10.3 Å². The molecule has 5 rings (SSSR count). The van der Waals surface area contributed by atoms with Crippen molar-refractivity contribution in [3.05, 3.63) is 45.8 Å². The molecular formula is C23H26N4O2S2. The molecule has 0 bridgehead atoms. The van der Waals surface area contributed by atoms with Gasteiger partial charge in [0.1, 0.15) is 5.71 Å². The molecule has 1 saturated heterocycles. The van der Waals surface area contributed by atoms with Crippen LogP contribution in [0, 0.1) is 19.8 Å².